The molecule has 0 bridgehead atoms. The largest absolute Gasteiger partial charge is 0.490 e. The first-order valence-corrected chi connectivity index (χ1v) is 7.93. The molecule has 0 unspecified atom stereocenters. The minimum absolute atomic E-state index is 0.287. The summed E-state index contributed by atoms with van der Waals surface area (Å²) in [6.45, 7) is 3.54. The lowest BCUT2D eigenvalue weighted by Crippen LogP contribution is -2.35. The van der Waals surface area contributed by atoms with Gasteiger partial charge in [-0.3, -0.25) is 0 Å². The van der Waals surface area contributed by atoms with Crippen LogP contribution in [0.15, 0.2) is 36.7 Å². The number of nitrogens with zero attached hydrogens (tertiary/aromatic N) is 3. The number of benzene rings is 1. The Kier molecular flexibility index (Phi) is 4.75. The standard InChI is InChI=1S/C17H24N4O/c1-20-10-6-14(7-11-20)22-16-5-3-2-4-15(16)17-19-9-13-21(17)12-8-18/h2-5,9,13-14H,6-8,10-12,18H2,1H3. The maximum atomic E-state index is 6.28. The van der Waals surface area contributed by atoms with Gasteiger partial charge in [-0.15, -0.1) is 0 Å². The number of piperidine rings is 1. The van der Waals surface area contributed by atoms with Crippen LogP contribution in [0.1, 0.15) is 12.8 Å². The molecule has 1 aliphatic rings. The van der Waals surface area contributed by atoms with Gasteiger partial charge in [0, 0.05) is 38.6 Å². The highest BCUT2D eigenvalue weighted by atomic mass is 16.5. The lowest BCUT2D eigenvalue weighted by atomic mass is 10.1. The molecule has 0 aliphatic carbocycles. The van der Waals surface area contributed by atoms with Crippen LogP contribution in [0.5, 0.6) is 5.75 Å². The second kappa shape index (κ2) is 6.94. The molecular formula is C17H24N4O. The van der Waals surface area contributed by atoms with Crippen molar-refractivity contribution in [3.63, 3.8) is 0 Å². The second-order valence-electron chi connectivity index (χ2n) is 5.85. The molecule has 0 spiro atoms. The van der Waals surface area contributed by atoms with Gasteiger partial charge in [0.1, 0.15) is 17.7 Å². The van der Waals surface area contributed by atoms with E-state index in [4.69, 9.17) is 10.5 Å². The fourth-order valence-corrected chi connectivity index (χ4v) is 2.91. The molecule has 1 saturated heterocycles. The Bertz CT molecular complexity index is 602. The minimum Gasteiger partial charge on any atom is -0.490 e. The highest BCUT2D eigenvalue weighted by Gasteiger charge is 2.20. The Labute approximate surface area is 131 Å². The Hall–Kier alpha value is -1.85. The van der Waals surface area contributed by atoms with E-state index < -0.39 is 0 Å². The zero-order valence-electron chi connectivity index (χ0n) is 13.1. The number of likely N-dealkylation sites (tertiary alicyclic amines) is 1. The maximum absolute atomic E-state index is 6.28. The molecule has 22 heavy (non-hydrogen) atoms. The van der Waals surface area contributed by atoms with Crippen LogP contribution in [-0.4, -0.2) is 47.2 Å². The Balaban J connectivity index is 1.82. The van der Waals surface area contributed by atoms with E-state index in [9.17, 15) is 0 Å². The molecule has 5 nitrogen and oxygen atoms in total. The topological polar surface area (TPSA) is 56.3 Å². The third kappa shape index (κ3) is 3.31. The quantitative estimate of drug-likeness (QED) is 0.917. The number of para-hydroxylation sites is 1. The van der Waals surface area contributed by atoms with Gasteiger partial charge in [-0.05, 0) is 32.0 Å². The van der Waals surface area contributed by atoms with Crippen molar-refractivity contribution >= 4 is 0 Å². The highest BCUT2D eigenvalue weighted by Crippen LogP contribution is 2.30. The van der Waals surface area contributed by atoms with Crippen LogP contribution >= 0.6 is 0 Å². The summed E-state index contributed by atoms with van der Waals surface area (Å²) in [5.41, 5.74) is 6.72. The monoisotopic (exact) mass is 300 g/mol. The van der Waals surface area contributed by atoms with Gasteiger partial charge in [0.05, 0.1) is 5.56 Å². The lowest BCUT2D eigenvalue weighted by Gasteiger charge is -2.29. The number of hydrogen-bond donors (Lipinski definition) is 1. The van der Waals surface area contributed by atoms with Crippen molar-refractivity contribution in [1.82, 2.24) is 14.5 Å². The van der Waals surface area contributed by atoms with E-state index in [1.807, 2.05) is 30.6 Å². The first kappa shape index (κ1) is 15.1. The van der Waals surface area contributed by atoms with Crippen molar-refractivity contribution in [2.24, 2.45) is 5.73 Å². The number of nitrogens with two attached hydrogens (primary N) is 1. The van der Waals surface area contributed by atoms with Gasteiger partial charge in [0.25, 0.3) is 0 Å². The summed E-state index contributed by atoms with van der Waals surface area (Å²) in [4.78, 5) is 6.84. The Morgan fingerprint density at radius 3 is 2.82 bits per heavy atom. The number of ether oxygens (including phenoxy) is 1. The molecule has 0 amide bonds. The molecule has 2 aromatic rings. The van der Waals surface area contributed by atoms with Crippen LogP contribution in [0.25, 0.3) is 11.4 Å². The molecule has 1 aromatic heterocycles. The van der Waals surface area contributed by atoms with E-state index in [1.165, 1.54) is 0 Å². The van der Waals surface area contributed by atoms with E-state index in [0.29, 0.717) is 6.54 Å². The lowest BCUT2D eigenvalue weighted by molar-refractivity contribution is 0.115. The van der Waals surface area contributed by atoms with Gasteiger partial charge in [-0.25, -0.2) is 4.98 Å². The van der Waals surface area contributed by atoms with Crippen molar-refractivity contribution in [3.05, 3.63) is 36.7 Å². The van der Waals surface area contributed by atoms with Gasteiger partial charge in [0.2, 0.25) is 0 Å². The molecule has 118 valence electrons. The molecule has 3 rings (SSSR count). The molecule has 0 atom stereocenters. The average molecular weight is 300 g/mol. The molecule has 5 heteroatoms. The van der Waals surface area contributed by atoms with Crippen LogP contribution in [0.2, 0.25) is 0 Å². The Morgan fingerprint density at radius 2 is 2.05 bits per heavy atom. The molecule has 1 aliphatic heterocycles. The maximum Gasteiger partial charge on any atom is 0.143 e. The fraction of sp³-hybridized carbons (Fsp3) is 0.471. The van der Waals surface area contributed by atoms with Crippen molar-refractivity contribution in [1.29, 1.82) is 0 Å². The first-order valence-electron chi connectivity index (χ1n) is 7.93. The van der Waals surface area contributed by atoms with Crippen LogP contribution < -0.4 is 10.5 Å². The van der Waals surface area contributed by atoms with Crippen LogP contribution in [0.3, 0.4) is 0 Å². The smallest absolute Gasteiger partial charge is 0.143 e. The van der Waals surface area contributed by atoms with Crippen LogP contribution in [0, 0.1) is 0 Å². The fourth-order valence-electron chi connectivity index (χ4n) is 2.91. The Morgan fingerprint density at radius 1 is 1.27 bits per heavy atom. The van der Waals surface area contributed by atoms with Gasteiger partial charge in [-0.2, -0.15) is 0 Å². The van der Waals surface area contributed by atoms with Crippen molar-refractivity contribution in [3.8, 4) is 17.1 Å². The van der Waals surface area contributed by atoms with E-state index in [-0.39, 0.29) is 6.10 Å². The van der Waals surface area contributed by atoms with E-state index in [2.05, 4.69) is 27.6 Å². The van der Waals surface area contributed by atoms with E-state index in [1.54, 1.807) is 0 Å². The second-order valence-corrected chi connectivity index (χ2v) is 5.85. The minimum atomic E-state index is 0.287. The highest BCUT2D eigenvalue weighted by molar-refractivity contribution is 5.64. The van der Waals surface area contributed by atoms with Gasteiger partial charge in [0.15, 0.2) is 0 Å². The summed E-state index contributed by atoms with van der Waals surface area (Å²) >= 11 is 0. The number of rotatable bonds is 5. The van der Waals surface area contributed by atoms with E-state index >= 15 is 0 Å². The number of imidazole rings is 1. The number of hydrogen-bond acceptors (Lipinski definition) is 4. The van der Waals surface area contributed by atoms with Crippen molar-refractivity contribution in [2.45, 2.75) is 25.5 Å². The third-order valence-electron chi connectivity index (χ3n) is 4.17. The molecule has 0 radical (unpaired) electrons. The van der Waals surface area contributed by atoms with Gasteiger partial charge < -0.3 is 19.9 Å². The normalized spacial score (nSPS) is 16.8. The summed E-state index contributed by atoms with van der Waals surface area (Å²) in [5.74, 6) is 1.84. The molecule has 1 aromatic carbocycles. The zero-order chi connectivity index (χ0) is 15.4. The molecule has 2 N–H and O–H groups in total. The molecular weight excluding hydrogens is 276 g/mol. The van der Waals surface area contributed by atoms with Gasteiger partial charge >= 0.3 is 0 Å². The number of aromatic nitrogens is 2. The van der Waals surface area contributed by atoms with Crippen LogP contribution in [-0.2, 0) is 6.54 Å². The summed E-state index contributed by atoms with van der Waals surface area (Å²) < 4.78 is 8.36. The van der Waals surface area contributed by atoms with Gasteiger partial charge in [-0.1, -0.05) is 12.1 Å². The summed E-state index contributed by atoms with van der Waals surface area (Å²) in [7, 11) is 2.16. The average Bonchev–Trinajstić information content (AvgIpc) is 2.99. The summed E-state index contributed by atoms with van der Waals surface area (Å²) in [6.07, 6.45) is 6.21. The predicted octanol–water partition coefficient (Wildman–Crippen LogP) is 1.98. The predicted molar refractivity (Wildman–Crippen MR) is 87.9 cm³/mol. The zero-order valence-corrected chi connectivity index (χ0v) is 13.1. The summed E-state index contributed by atoms with van der Waals surface area (Å²) in [5, 5.41) is 0. The SMILES string of the molecule is CN1CCC(Oc2ccccc2-c2nccn2CCN)CC1. The van der Waals surface area contributed by atoms with Crippen LogP contribution in [0.4, 0.5) is 0 Å². The first-order chi connectivity index (χ1) is 10.8. The summed E-state index contributed by atoms with van der Waals surface area (Å²) in [6, 6.07) is 8.15. The molecule has 0 saturated carbocycles. The van der Waals surface area contributed by atoms with Crippen molar-refractivity contribution < 1.29 is 4.74 Å². The molecule has 2 heterocycles. The third-order valence-corrected chi connectivity index (χ3v) is 4.17. The van der Waals surface area contributed by atoms with E-state index in [0.717, 1.165) is 49.6 Å². The molecule has 1 fully saturated rings. The van der Waals surface area contributed by atoms with Crippen molar-refractivity contribution in [2.75, 3.05) is 26.7 Å².